The van der Waals surface area contributed by atoms with Crippen molar-refractivity contribution in [3.8, 4) is 12.3 Å². The predicted octanol–water partition coefficient (Wildman–Crippen LogP) is 0.919. The smallest absolute Gasteiger partial charge is 0.407 e. The van der Waals surface area contributed by atoms with E-state index in [0.29, 0.717) is 17.9 Å². The molecule has 0 radical (unpaired) electrons. The topological polar surface area (TPSA) is 51.2 Å². The molecule has 0 spiro atoms. The molecule has 0 fully saturated rings. The van der Waals surface area contributed by atoms with Crippen molar-refractivity contribution in [2.75, 3.05) is 7.11 Å². The fourth-order valence-corrected chi connectivity index (χ4v) is 0.893. The molecule has 0 saturated heterocycles. The van der Waals surface area contributed by atoms with Crippen molar-refractivity contribution < 1.29 is 9.53 Å². The van der Waals surface area contributed by atoms with Crippen molar-refractivity contribution in [3.63, 3.8) is 0 Å². The van der Waals surface area contributed by atoms with Crippen LogP contribution in [0, 0.1) is 12.3 Å². The van der Waals surface area contributed by atoms with Crippen molar-refractivity contribution in [2.24, 2.45) is 0 Å². The molecule has 0 saturated carbocycles. The first-order valence-corrected chi connectivity index (χ1v) is 4.00. The zero-order valence-corrected chi connectivity index (χ0v) is 7.78. The van der Waals surface area contributed by atoms with E-state index in [1.54, 1.807) is 18.2 Å². The molecule has 0 unspecified atom stereocenters. The Balaban J connectivity index is 2.60. The third-order valence-corrected chi connectivity index (χ3v) is 1.55. The van der Waals surface area contributed by atoms with Crippen LogP contribution < -0.4 is 5.32 Å². The lowest BCUT2D eigenvalue weighted by molar-refractivity contribution is 0.170. The number of nitrogens with zero attached hydrogens (tertiary/aromatic N) is 1. The van der Waals surface area contributed by atoms with Crippen LogP contribution in [0.3, 0.4) is 0 Å². The Labute approximate surface area is 82.3 Å². The first-order valence-electron chi connectivity index (χ1n) is 4.00. The van der Waals surface area contributed by atoms with Gasteiger partial charge in [0.1, 0.15) is 5.69 Å². The van der Waals surface area contributed by atoms with E-state index < -0.39 is 6.09 Å². The minimum Gasteiger partial charge on any atom is -0.453 e. The second kappa shape index (κ2) is 4.87. The highest BCUT2D eigenvalue weighted by Crippen LogP contribution is 1.97. The number of pyridine rings is 1. The summed E-state index contributed by atoms with van der Waals surface area (Å²) < 4.78 is 4.41. The summed E-state index contributed by atoms with van der Waals surface area (Å²) in [5.74, 6) is 2.41. The number of methoxy groups -OCH3 is 1. The van der Waals surface area contributed by atoms with Crippen LogP contribution in [0.1, 0.15) is 11.4 Å². The van der Waals surface area contributed by atoms with Crippen molar-refractivity contribution in [3.05, 3.63) is 29.6 Å². The average Bonchev–Trinajstić information content (AvgIpc) is 2.26. The number of ether oxygens (including phenoxy) is 1. The SMILES string of the molecule is C#Cc1cccc(CNC(=O)OC)n1. The highest BCUT2D eigenvalue weighted by Gasteiger charge is 1.99. The third kappa shape index (κ3) is 2.79. The summed E-state index contributed by atoms with van der Waals surface area (Å²) in [7, 11) is 1.31. The number of carbonyl (C=O) groups is 1. The first kappa shape index (κ1) is 10.1. The molecule has 4 nitrogen and oxygen atoms in total. The maximum absolute atomic E-state index is 10.7. The van der Waals surface area contributed by atoms with Crippen LogP contribution >= 0.6 is 0 Å². The van der Waals surface area contributed by atoms with Gasteiger partial charge in [-0.05, 0) is 12.1 Å². The summed E-state index contributed by atoms with van der Waals surface area (Å²) in [5, 5.41) is 2.51. The fourth-order valence-electron chi connectivity index (χ4n) is 0.893. The molecular weight excluding hydrogens is 180 g/mol. The second-order valence-corrected chi connectivity index (χ2v) is 2.50. The molecule has 0 aromatic carbocycles. The molecule has 1 aromatic heterocycles. The van der Waals surface area contributed by atoms with Crippen molar-refractivity contribution >= 4 is 6.09 Å². The van der Waals surface area contributed by atoms with Gasteiger partial charge in [0.2, 0.25) is 0 Å². The van der Waals surface area contributed by atoms with Crippen LogP contribution in [0.5, 0.6) is 0 Å². The quantitative estimate of drug-likeness (QED) is 0.705. The van der Waals surface area contributed by atoms with E-state index in [4.69, 9.17) is 6.42 Å². The lowest BCUT2D eigenvalue weighted by Gasteiger charge is -2.02. The number of terminal acetylenes is 1. The zero-order chi connectivity index (χ0) is 10.4. The molecule has 0 aliphatic heterocycles. The Morgan fingerprint density at radius 3 is 3.14 bits per heavy atom. The molecule has 4 heteroatoms. The highest BCUT2D eigenvalue weighted by molar-refractivity contribution is 5.66. The van der Waals surface area contributed by atoms with E-state index in [-0.39, 0.29) is 0 Å². The van der Waals surface area contributed by atoms with Gasteiger partial charge in [-0.15, -0.1) is 6.42 Å². The van der Waals surface area contributed by atoms with Gasteiger partial charge in [-0.25, -0.2) is 9.78 Å². The van der Waals surface area contributed by atoms with E-state index in [9.17, 15) is 4.79 Å². The Bertz CT molecular complexity index is 369. The van der Waals surface area contributed by atoms with E-state index >= 15 is 0 Å². The van der Waals surface area contributed by atoms with Crippen LogP contribution in [0.2, 0.25) is 0 Å². The zero-order valence-electron chi connectivity index (χ0n) is 7.78. The molecule has 1 N–H and O–H groups in total. The standard InChI is InChI=1S/C10H10N2O2/c1-3-8-5-4-6-9(12-8)7-11-10(13)14-2/h1,4-6H,7H2,2H3,(H,11,13). The highest BCUT2D eigenvalue weighted by atomic mass is 16.5. The normalized spacial score (nSPS) is 8.86. The van der Waals surface area contributed by atoms with Gasteiger partial charge in [0.05, 0.1) is 19.3 Å². The molecule has 1 aromatic rings. The van der Waals surface area contributed by atoms with Gasteiger partial charge in [0, 0.05) is 0 Å². The van der Waals surface area contributed by atoms with Gasteiger partial charge in [0.15, 0.2) is 0 Å². The molecule has 0 bridgehead atoms. The van der Waals surface area contributed by atoms with Crippen LogP contribution in [0.4, 0.5) is 4.79 Å². The minimum absolute atomic E-state index is 0.308. The van der Waals surface area contributed by atoms with Crippen molar-refractivity contribution in [1.29, 1.82) is 0 Å². The first-order chi connectivity index (χ1) is 6.76. The Morgan fingerprint density at radius 1 is 1.71 bits per heavy atom. The largest absolute Gasteiger partial charge is 0.453 e. The number of amides is 1. The molecule has 0 aliphatic carbocycles. The van der Waals surface area contributed by atoms with Gasteiger partial charge >= 0.3 is 6.09 Å². The molecule has 0 atom stereocenters. The molecule has 1 rings (SSSR count). The molecule has 14 heavy (non-hydrogen) atoms. The Morgan fingerprint density at radius 2 is 2.50 bits per heavy atom. The van der Waals surface area contributed by atoms with Gasteiger partial charge < -0.3 is 10.1 Å². The molecule has 0 aliphatic rings. The number of alkyl carbamates (subject to hydrolysis) is 1. The van der Waals surface area contributed by atoms with Crippen LogP contribution in [0.25, 0.3) is 0 Å². The van der Waals surface area contributed by atoms with Crippen LogP contribution in [0.15, 0.2) is 18.2 Å². The van der Waals surface area contributed by atoms with E-state index in [2.05, 4.69) is 21.0 Å². The lowest BCUT2D eigenvalue weighted by atomic mass is 10.3. The lowest BCUT2D eigenvalue weighted by Crippen LogP contribution is -2.22. The summed E-state index contributed by atoms with van der Waals surface area (Å²) in [4.78, 5) is 14.8. The van der Waals surface area contributed by atoms with Gasteiger partial charge in [-0.3, -0.25) is 0 Å². The third-order valence-electron chi connectivity index (χ3n) is 1.55. The Kier molecular flexibility index (Phi) is 3.50. The van der Waals surface area contributed by atoms with Crippen LogP contribution in [-0.4, -0.2) is 18.2 Å². The number of aromatic nitrogens is 1. The molecule has 72 valence electrons. The summed E-state index contributed by atoms with van der Waals surface area (Å²) in [6.45, 7) is 0.308. The summed E-state index contributed by atoms with van der Waals surface area (Å²) >= 11 is 0. The average molecular weight is 190 g/mol. The molecule has 1 heterocycles. The number of nitrogens with one attached hydrogen (secondary N) is 1. The Hall–Kier alpha value is -2.02. The number of hydrogen-bond donors (Lipinski definition) is 1. The van der Waals surface area contributed by atoms with Crippen molar-refractivity contribution in [1.82, 2.24) is 10.3 Å². The fraction of sp³-hybridized carbons (Fsp3) is 0.200. The predicted molar refractivity (Wildman–Crippen MR) is 51.4 cm³/mol. The van der Waals surface area contributed by atoms with Gasteiger partial charge in [-0.1, -0.05) is 12.0 Å². The van der Waals surface area contributed by atoms with Gasteiger partial charge in [-0.2, -0.15) is 0 Å². The maximum Gasteiger partial charge on any atom is 0.407 e. The molecular formula is C10H10N2O2. The number of carbonyl (C=O) groups excluding carboxylic acids is 1. The summed E-state index contributed by atoms with van der Waals surface area (Å²) in [6, 6.07) is 5.29. The monoisotopic (exact) mass is 190 g/mol. The minimum atomic E-state index is -0.488. The van der Waals surface area contributed by atoms with Crippen molar-refractivity contribution in [2.45, 2.75) is 6.54 Å². The summed E-state index contributed by atoms with van der Waals surface area (Å²) in [5.41, 5.74) is 1.25. The van der Waals surface area contributed by atoms with E-state index in [1.165, 1.54) is 7.11 Å². The van der Waals surface area contributed by atoms with E-state index in [1.807, 2.05) is 0 Å². The molecule has 1 amide bonds. The summed E-state index contributed by atoms with van der Waals surface area (Å²) in [6.07, 6.45) is 4.69. The van der Waals surface area contributed by atoms with Gasteiger partial charge in [0.25, 0.3) is 0 Å². The van der Waals surface area contributed by atoms with E-state index in [0.717, 1.165) is 0 Å². The number of rotatable bonds is 2. The van der Waals surface area contributed by atoms with Crippen LogP contribution in [-0.2, 0) is 11.3 Å². The maximum atomic E-state index is 10.7. The second-order valence-electron chi connectivity index (χ2n) is 2.50. The number of hydrogen-bond acceptors (Lipinski definition) is 3.